The summed E-state index contributed by atoms with van der Waals surface area (Å²) in [4.78, 5) is 52.8. The molecule has 16 nitrogen and oxygen atoms in total. The highest BCUT2D eigenvalue weighted by atomic mass is 31.2. The zero-order valence-electron chi connectivity index (χ0n) is 38.9. The van der Waals surface area contributed by atoms with Crippen molar-refractivity contribution in [1.29, 1.82) is 0 Å². The van der Waals surface area contributed by atoms with E-state index >= 15 is 0 Å². The zero-order chi connectivity index (χ0) is 47.9. The number of aliphatic hydroxyl groups excluding tert-OH is 4. The van der Waals surface area contributed by atoms with Crippen LogP contribution in [0.25, 0.3) is 0 Å². The Bertz CT molecular complexity index is 1380. The molecule has 0 aliphatic heterocycles. The van der Waals surface area contributed by atoms with Gasteiger partial charge in [-0.3, -0.25) is 23.2 Å². The standard InChI is InChI=1S/C46H84O16P2/c1-4-5-22-29-40(47)30-24-19-16-17-20-25-31-43(49)44(50)32-27-34-46(52)62-42(38-61-64(56,57)60-36-41(48)35-59-63(53,54)55)37-58-45(51)33-26-21-15-13-11-9-7-6-8-10-12-14-18-23-28-39(2)3/h16-17,19-20,24-25,30-31,39-44,47-50H,4-15,18,21-23,26-29,32-38H2,1-3H3,(H,56,57)(H2,53,54,55)/b19-16-,20-17+,30-24+,31-25+/t40-,41-,42+,43-,44-/m0/s1. The number of rotatable bonds is 43. The van der Waals surface area contributed by atoms with Crippen molar-refractivity contribution in [3.8, 4) is 0 Å². The average molecular weight is 955 g/mol. The average Bonchev–Trinajstić information content (AvgIpc) is 3.23. The minimum absolute atomic E-state index is 0.0262. The first kappa shape index (κ1) is 62.0. The van der Waals surface area contributed by atoms with E-state index in [1.54, 1.807) is 42.5 Å². The lowest BCUT2D eigenvalue weighted by Gasteiger charge is -2.21. The number of esters is 2. The van der Waals surface area contributed by atoms with Gasteiger partial charge in [-0.2, -0.15) is 0 Å². The maximum atomic E-state index is 12.7. The fourth-order valence-electron chi connectivity index (χ4n) is 6.27. The van der Waals surface area contributed by atoms with Gasteiger partial charge in [-0.05, 0) is 31.6 Å². The molecule has 64 heavy (non-hydrogen) atoms. The van der Waals surface area contributed by atoms with Gasteiger partial charge in [0, 0.05) is 12.8 Å². The summed E-state index contributed by atoms with van der Waals surface area (Å²) in [5.41, 5.74) is 0. The Labute approximate surface area is 383 Å². The predicted molar refractivity (Wildman–Crippen MR) is 248 cm³/mol. The van der Waals surface area contributed by atoms with E-state index in [0.717, 1.165) is 57.3 Å². The first-order valence-corrected chi connectivity index (χ1v) is 26.5. The lowest BCUT2D eigenvalue weighted by Crippen LogP contribution is -2.30. The Hall–Kier alpha value is -2.04. The second-order valence-electron chi connectivity index (χ2n) is 16.7. The minimum atomic E-state index is -4.91. The number of hydrogen-bond acceptors (Lipinski definition) is 13. The molecule has 0 amide bonds. The lowest BCUT2D eigenvalue weighted by atomic mass is 10.0. The van der Waals surface area contributed by atoms with Crippen molar-refractivity contribution >= 4 is 27.6 Å². The van der Waals surface area contributed by atoms with Crippen LogP contribution < -0.4 is 0 Å². The van der Waals surface area contributed by atoms with E-state index in [1.165, 1.54) is 70.3 Å². The third-order valence-corrected chi connectivity index (χ3v) is 11.4. The highest BCUT2D eigenvalue weighted by molar-refractivity contribution is 7.47. The van der Waals surface area contributed by atoms with Gasteiger partial charge in [-0.25, -0.2) is 9.13 Å². The van der Waals surface area contributed by atoms with E-state index in [4.69, 9.17) is 23.8 Å². The van der Waals surface area contributed by atoms with Gasteiger partial charge in [0.05, 0.1) is 38.1 Å². The number of carbonyl (C=O) groups is 2. The van der Waals surface area contributed by atoms with Gasteiger partial charge in [-0.15, -0.1) is 0 Å². The number of ether oxygens (including phenoxy) is 2. The molecule has 0 saturated heterocycles. The summed E-state index contributed by atoms with van der Waals surface area (Å²) in [6, 6.07) is 0. The van der Waals surface area contributed by atoms with Crippen LogP contribution in [0.15, 0.2) is 48.6 Å². The van der Waals surface area contributed by atoms with Crippen molar-refractivity contribution in [2.45, 2.75) is 199 Å². The normalized spacial score (nSPS) is 15.9. The Kier molecular flexibility index (Phi) is 38.8. The van der Waals surface area contributed by atoms with Crippen molar-refractivity contribution in [3.05, 3.63) is 48.6 Å². The number of hydrogen-bond donors (Lipinski definition) is 7. The second-order valence-corrected chi connectivity index (χ2v) is 19.4. The Morgan fingerprint density at radius 2 is 1.02 bits per heavy atom. The molecule has 0 aromatic heterocycles. The molecule has 0 aromatic carbocycles. The van der Waals surface area contributed by atoms with E-state index in [0.29, 0.717) is 6.42 Å². The van der Waals surface area contributed by atoms with Crippen molar-refractivity contribution < 1.29 is 76.9 Å². The van der Waals surface area contributed by atoms with Crippen LogP contribution in [-0.2, 0) is 41.8 Å². The third kappa shape index (κ3) is 42.6. The number of carbonyl (C=O) groups excluding carboxylic acids is 2. The van der Waals surface area contributed by atoms with E-state index in [-0.39, 0.29) is 25.7 Å². The molecule has 6 atom stereocenters. The molecule has 0 aliphatic carbocycles. The van der Waals surface area contributed by atoms with Crippen molar-refractivity contribution in [1.82, 2.24) is 0 Å². The van der Waals surface area contributed by atoms with Crippen LogP contribution in [0, 0.1) is 5.92 Å². The summed E-state index contributed by atoms with van der Waals surface area (Å²) in [5.74, 6) is -0.563. The molecular formula is C46H84O16P2. The molecule has 0 bridgehead atoms. The summed E-state index contributed by atoms with van der Waals surface area (Å²) in [6.45, 7) is 3.60. The molecule has 0 radical (unpaired) electrons. The molecule has 374 valence electrons. The predicted octanol–water partition coefficient (Wildman–Crippen LogP) is 9.00. The Balaban J connectivity index is 4.78. The van der Waals surface area contributed by atoms with Gasteiger partial charge in [0.2, 0.25) is 0 Å². The van der Waals surface area contributed by atoms with Crippen molar-refractivity contribution in [2.24, 2.45) is 5.92 Å². The summed E-state index contributed by atoms with van der Waals surface area (Å²) in [5, 5.41) is 40.3. The highest BCUT2D eigenvalue weighted by Crippen LogP contribution is 2.44. The minimum Gasteiger partial charge on any atom is -0.462 e. The lowest BCUT2D eigenvalue weighted by molar-refractivity contribution is -0.161. The zero-order valence-corrected chi connectivity index (χ0v) is 40.7. The van der Waals surface area contributed by atoms with Gasteiger partial charge >= 0.3 is 27.6 Å². The molecule has 1 unspecified atom stereocenters. The van der Waals surface area contributed by atoms with Crippen LogP contribution in [0.3, 0.4) is 0 Å². The first-order chi connectivity index (χ1) is 30.4. The number of unbranched alkanes of at least 4 members (excludes halogenated alkanes) is 15. The molecule has 0 aliphatic rings. The van der Waals surface area contributed by atoms with Crippen LogP contribution in [0.1, 0.15) is 168 Å². The van der Waals surface area contributed by atoms with Gasteiger partial charge in [0.25, 0.3) is 0 Å². The number of aliphatic hydroxyl groups is 4. The maximum Gasteiger partial charge on any atom is 0.472 e. The molecule has 18 heteroatoms. The molecule has 0 fully saturated rings. The fourth-order valence-corrected chi connectivity index (χ4v) is 7.43. The van der Waals surface area contributed by atoms with E-state index in [9.17, 15) is 44.0 Å². The van der Waals surface area contributed by atoms with Crippen LogP contribution in [0.2, 0.25) is 0 Å². The number of phosphoric acid groups is 2. The molecule has 0 spiro atoms. The molecule has 0 rings (SSSR count). The van der Waals surface area contributed by atoms with Crippen LogP contribution in [-0.4, -0.2) is 104 Å². The van der Waals surface area contributed by atoms with E-state index in [1.807, 2.05) is 0 Å². The van der Waals surface area contributed by atoms with Crippen molar-refractivity contribution in [2.75, 3.05) is 26.4 Å². The maximum absolute atomic E-state index is 12.7. The van der Waals surface area contributed by atoms with Crippen LogP contribution in [0.5, 0.6) is 0 Å². The second kappa shape index (κ2) is 40.1. The van der Waals surface area contributed by atoms with Crippen LogP contribution in [0.4, 0.5) is 0 Å². The molecule has 0 saturated carbocycles. The highest BCUT2D eigenvalue weighted by Gasteiger charge is 2.28. The smallest absolute Gasteiger partial charge is 0.462 e. The van der Waals surface area contributed by atoms with Gasteiger partial charge in [0.1, 0.15) is 12.7 Å². The fraction of sp³-hybridized carbons (Fsp3) is 0.783. The number of phosphoric ester groups is 2. The summed E-state index contributed by atoms with van der Waals surface area (Å²) < 4.78 is 47.6. The molecule has 0 aromatic rings. The van der Waals surface area contributed by atoms with Gasteiger partial charge in [0.15, 0.2) is 6.10 Å². The third-order valence-electron chi connectivity index (χ3n) is 10.0. The Morgan fingerprint density at radius 1 is 0.531 bits per heavy atom. The van der Waals surface area contributed by atoms with E-state index in [2.05, 4.69) is 29.8 Å². The van der Waals surface area contributed by atoms with Gasteiger partial charge in [-0.1, -0.05) is 179 Å². The first-order valence-electron chi connectivity index (χ1n) is 23.5. The monoisotopic (exact) mass is 955 g/mol. The summed E-state index contributed by atoms with van der Waals surface area (Å²) in [7, 11) is -9.81. The molecule has 0 heterocycles. The quantitative estimate of drug-likeness (QED) is 0.0130. The SMILES string of the molecule is CCCCC[C@H](O)/C=C/C=C\C=C\C=C\[C@H](O)[C@@H](O)CCCC(=O)O[C@H](COC(=O)CCCCCCCCCCCCCCCCC(C)C)COP(=O)(O)OC[C@@H](O)COP(=O)(O)O. The Morgan fingerprint density at radius 3 is 1.58 bits per heavy atom. The van der Waals surface area contributed by atoms with E-state index < -0.39 is 84.5 Å². The molecule has 7 N–H and O–H groups in total. The topological polar surface area (TPSA) is 256 Å². The number of allylic oxidation sites excluding steroid dienone is 6. The molecular weight excluding hydrogens is 870 g/mol. The van der Waals surface area contributed by atoms with Crippen molar-refractivity contribution in [3.63, 3.8) is 0 Å². The summed E-state index contributed by atoms with van der Waals surface area (Å²) >= 11 is 0. The summed E-state index contributed by atoms with van der Waals surface area (Å²) in [6.07, 6.45) is 29.0. The van der Waals surface area contributed by atoms with Gasteiger partial charge < -0.3 is 44.6 Å². The largest absolute Gasteiger partial charge is 0.472 e. The van der Waals surface area contributed by atoms with Crippen LogP contribution >= 0.6 is 15.6 Å².